The average Bonchev–Trinajstić information content (AvgIpc) is 2.36. The highest BCUT2D eigenvalue weighted by Crippen LogP contribution is 2.02. The first-order valence-corrected chi connectivity index (χ1v) is 3.28. The van der Waals surface area contributed by atoms with E-state index < -0.39 is 5.91 Å². The molecule has 0 spiro atoms. The maximum Gasteiger partial charge on any atom is 0.304 e. The lowest BCUT2D eigenvalue weighted by molar-refractivity contribution is 0.0998. The molecule has 0 saturated heterocycles. The molecule has 0 aromatic carbocycles. The van der Waals surface area contributed by atoms with E-state index in [0.29, 0.717) is 5.69 Å². The van der Waals surface area contributed by atoms with Crippen LogP contribution in [0.2, 0.25) is 0 Å². The second-order valence-electron chi connectivity index (χ2n) is 1.94. The second kappa shape index (κ2) is 3.18. The maximum atomic E-state index is 11.0. The zero-order chi connectivity index (χ0) is 8.27. The molecule has 0 aliphatic rings. The molecule has 1 heterocycles. The monoisotopic (exact) mass is 167 g/mol. The Kier molecular flexibility index (Phi) is 2.25. The highest BCUT2D eigenvalue weighted by Gasteiger charge is 2.07. The Bertz CT molecular complexity index is 324. The highest BCUT2D eigenvalue weighted by atomic mass is 32.1. The molecule has 0 unspecified atom stereocenters. The molecular formula is C6H5N3OS. The molecule has 0 saturated carbocycles. The van der Waals surface area contributed by atoms with Gasteiger partial charge in [0.05, 0.1) is 11.4 Å². The van der Waals surface area contributed by atoms with Gasteiger partial charge in [-0.2, -0.15) is 10.1 Å². The molecule has 0 bridgehead atoms. The first-order valence-electron chi connectivity index (χ1n) is 2.88. The molecule has 4 nitrogen and oxygen atoms in total. The number of carbonyl (C=O) groups is 1. The van der Waals surface area contributed by atoms with Crippen molar-refractivity contribution in [3.8, 4) is 0 Å². The van der Waals surface area contributed by atoms with Crippen molar-refractivity contribution in [1.82, 2.24) is 10.2 Å². The number of nitrogens with zero attached hydrogens (tertiary/aromatic N) is 2. The van der Waals surface area contributed by atoms with Crippen molar-refractivity contribution < 1.29 is 4.79 Å². The van der Waals surface area contributed by atoms with E-state index >= 15 is 0 Å². The SMILES string of the molecule is Cc1cn[nH]c1C(=O)N=C=S. The van der Waals surface area contributed by atoms with Crippen LogP contribution in [0.25, 0.3) is 0 Å². The van der Waals surface area contributed by atoms with Gasteiger partial charge in [0.25, 0.3) is 0 Å². The van der Waals surface area contributed by atoms with Gasteiger partial charge in [-0.1, -0.05) is 0 Å². The summed E-state index contributed by atoms with van der Waals surface area (Å²) in [6, 6.07) is 0. The van der Waals surface area contributed by atoms with Gasteiger partial charge in [0.2, 0.25) is 0 Å². The number of aromatic nitrogens is 2. The summed E-state index contributed by atoms with van der Waals surface area (Å²) >= 11 is 4.27. The third kappa shape index (κ3) is 1.58. The molecule has 56 valence electrons. The smallest absolute Gasteiger partial charge is 0.273 e. The number of hydrogen-bond donors (Lipinski definition) is 1. The topological polar surface area (TPSA) is 58.1 Å². The van der Waals surface area contributed by atoms with E-state index in [2.05, 4.69) is 27.4 Å². The Morgan fingerprint density at radius 2 is 2.64 bits per heavy atom. The molecule has 1 aromatic rings. The zero-order valence-electron chi connectivity index (χ0n) is 5.79. The Balaban J connectivity index is 3.02. The van der Waals surface area contributed by atoms with Gasteiger partial charge in [-0.15, -0.1) is 0 Å². The van der Waals surface area contributed by atoms with E-state index in [4.69, 9.17) is 0 Å². The summed E-state index contributed by atoms with van der Waals surface area (Å²) in [5, 5.41) is 8.16. The van der Waals surface area contributed by atoms with E-state index in [1.165, 1.54) is 0 Å². The van der Waals surface area contributed by atoms with Gasteiger partial charge in [0, 0.05) is 0 Å². The zero-order valence-corrected chi connectivity index (χ0v) is 6.60. The molecule has 5 heteroatoms. The van der Waals surface area contributed by atoms with Gasteiger partial charge < -0.3 is 0 Å². The van der Waals surface area contributed by atoms with Crippen LogP contribution >= 0.6 is 12.2 Å². The molecule has 1 rings (SSSR count). The van der Waals surface area contributed by atoms with Crippen molar-refractivity contribution in [1.29, 1.82) is 0 Å². The van der Waals surface area contributed by atoms with Crippen LogP contribution in [0, 0.1) is 6.92 Å². The fourth-order valence-corrected chi connectivity index (χ4v) is 0.743. The van der Waals surface area contributed by atoms with Crippen LogP contribution in [0.15, 0.2) is 11.2 Å². The van der Waals surface area contributed by atoms with E-state index in [9.17, 15) is 4.79 Å². The lowest BCUT2D eigenvalue weighted by Gasteiger charge is -1.86. The van der Waals surface area contributed by atoms with Crippen molar-refractivity contribution in [2.45, 2.75) is 6.92 Å². The lowest BCUT2D eigenvalue weighted by atomic mass is 10.3. The lowest BCUT2D eigenvalue weighted by Crippen LogP contribution is -1.96. The molecule has 1 N–H and O–H groups in total. The van der Waals surface area contributed by atoms with Crippen molar-refractivity contribution in [3.63, 3.8) is 0 Å². The minimum atomic E-state index is -0.435. The summed E-state index contributed by atoms with van der Waals surface area (Å²) < 4.78 is 0. The number of aliphatic imine (C=N–C) groups is 1. The highest BCUT2D eigenvalue weighted by molar-refractivity contribution is 7.78. The van der Waals surface area contributed by atoms with Crippen LogP contribution in [0.4, 0.5) is 0 Å². The van der Waals surface area contributed by atoms with Crippen molar-refractivity contribution in [2.24, 2.45) is 4.99 Å². The molecule has 0 aliphatic carbocycles. The third-order valence-corrected chi connectivity index (χ3v) is 1.28. The van der Waals surface area contributed by atoms with Gasteiger partial charge in [-0.25, -0.2) is 0 Å². The fourth-order valence-electron chi connectivity index (χ4n) is 0.660. The predicted molar refractivity (Wildman–Crippen MR) is 42.7 cm³/mol. The number of isothiocyanates is 1. The summed E-state index contributed by atoms with van der Waals surface area (Å²) in [4.78, 5) is 14.2. The summed E-state index contributed by atoms with van der Waals surface area (Å²) in [5.41, 5.74) is 1.12. The van der Waals surface area contributed by atoms with Gasteiger partial charge in [0.1, 0.15) is 5.69 Å². The summed E-state index contributed by atoms with van der Waals surface area (Å²) in [6.07, 6.45) is 1.55. The van der Waals surface area contributed by atoms with E-state index in [1.54, 1.807) is 13.1 Å². The number of rotatable bonds is 1. The molecule has 11 heavy (non-hydrogen) atoms. The van der Waals surface area contributed by atoms with Gasteiger partial charge in [-0.3, -0.25) is 9.89 Å². The normalized spacial score (nSPS) is 8.82. The average molecular weight is 167 g/mol. The summed E-state index contributed by atoms with van der Waals surface area (Å²) in [5.74, 6) is -0.435. The largest absolute Gasteiger partial charge is 0.304 e. The predicted octanol–water partition coefficient (Wildman–Crippen LogP) is 0.961. The first kappa shape index (κ1) is 7.78. The van der Waals surface area contributed by atoms with Crippen LogP contribution in [0.3, 0.4) is 0 Å². The van der Waals surface area contributed by atoms with Crippen LogP contribution in [0.1, 0.15) is 16.1 Å². The number of H-pyrrole nitrogens is 1. The van der Waals surface area contributed by atoms with E-state index in [1.807, 2.05) is 5.16 Å². The first-order chi connectivity index (χ1) is 5.25. The van der Waals surface area contributed by atoms with Gasteiger partial charge in [0.15, 0.2) is 0 Å². The Morgan fingerprint density at radius 3 is 3.09 bits per heavy atom. The second-order valence-corrected chi connectivity index (χ2v) is 2.12. The number of nitrogens with one attached hydrogen (secondary N) is 1. The van der Waals surface area contributed by atoms with Crippen molar-refractivity contribution >= 4 is 23.3 Å². The molecule has 1 amide bonds. The molecule has 0 atom stereocenters. The molecule has 0 aliphatic heterocycles. The fraction of sp³-hybridized carbons (Fsp3) is 0.167. The quantitative estimate of drug-likeness (QED) is 0.500. The Labute approximate surface area is 68.3 Å². The molecular weight excluding hydrogens is 162 g/mol. The number of aromatic amines is 1. The Morgan fingerprint density at radius 1 is 1.91 bits per heavy atom. The van der Waals surface area contributed by atoms with Gasteiger partial charge in [-0.05, 0) is 24.7 Å². The Hall–Kier alpha value is -1.32. The number of carbonyl (C=O) groups excluding carboxylic acids is 1. The van der Waals surface area contributed by atoms with Crippen LogP contribution in [-0.2, 0) is 0 Å². The van der Waals surface area contributed by atoms with Crippen LogP contribution in [0.5, 0.6) is 0 Å². The van der Waals surface area contributed by atoms with Crippen LogP contribution < -0.4 is 0 Å². The molecule has 1 aromatic heterocycles. The number of aryl methyl sites for hydroxylation is 1. The minimum Gasteiger partial charge on any atom is -0.273 e. The number of hydrogen-bond acceptors (Lipinski definition) is 3. The minimum absolute atomic E-state index is 0.363. The van der Waals surface area contributed by atoms with Crippen molar-refractivity contribution in [2.75, 3.05) is 0 Å². The number of amides is 1. The molecule has 0 fully saturated rings. The summed E-state index contributed by atoms with van der Waals surface area (Å²) in [7, 11) is 0. The standard InChI is InChI=1S/C6H5N3OS/c1-4-2-8-9-5(4)6(10)7-3-11/h2H,1H3,(H,8,9). The van der Waals surface area contributed by atoms with E-state index in [-0.39, 0.29) is 0 Å². The van der Waals surface area contributed by atoms with Crippen molar-refractivity contribution in [3.05, 3.63) is 17.5 Å². The third-order valence-electron chi connectivity index (χ3n) is 1.19. The number of thiocarbonyl (C=S) groups is 1. The van der Waals surface area contributed by atoms with E-state index in [0.717, 1.165) is 5.56 Å². The van der Waals surface area contributed by atoms with Gasteiger partial charge >= 0.3 is 5.91 Å². The maximum absolute atomic E-state index is 11.0. The summed E-state index contributed by atoms with van der Waals surface area (Å²) in [6.45, 7) is 1.76. The molecule has 0 radical (unpaired) electrons. The van der Waals surface area contributed by atoms with Crippen LogP contribution in [-0.4, -0.2) is 21.3 Å².